The summed E-state index contributed by atoms with van der Waals surface area (Å²) in [5.74, 6) is 0.107. The molecule has 0 aromatic carbocycles. The molecule has 0 aliphatic rings. The molecule has 0 rings (SSSR count). The van der Waals surface area contributed by atoms with Gasteiger partial charge in [-0.3, -0.25) is 0 Å². The van der Waals surface area contributed by atoms with Crippen molar-refractivity contribution in [3.63, 3.8) is 0 Å². The van der Waals surface area contributed by atoms with Crippen LogP contribution >= 0.6 is 0 Å². The Hall–Kier alpha value is -1.58. The Kier molecular flexibility index (Phi) is 12.4. The second-order valence-electron chi connectivity index (χ2n) is 4.46. The van der Waals surface area contributed by atoms with E-state index in [4.69, 9.17) is 9.47 Å². The highest BCUT2D eigenvalue weighted by atomic mass is 16.5. The zero-order chi connectivity index (χ0) is 14.6. The van der Waals surface area contributed by atoms with E-state index in [1.54, 1.807) is 0 Å². The van der Waals surface area contributed by atoms with Crippen LogP contribution in [0, 0.1) is 11.8 Å². The second-order valence-corrected chi connectivity index (χ2v) is 4.46. The lowest BCUT2D eigenvalue weighted by Crippen LogP contribution is -2.06. The highest BCUT2D eigenvalue weighted by molar-refractivity contribution is 5.81. The molecule has 0 aliphatic carbocycles. The van der Waals surface area contributed by atoms with E-state index in [1.807, 2.05) is 27.7 Å². The lowest BCUT2D eigenvalue weighted by Gasteiger charge is -2.02. The van der Waals surface area contributed by atoms with Crippen molar-refractivity contribution in [2.45, 2.75) is 27.7 Å². The summed E-state index contributed by atoms with van der Waals surface area (Å²) in [4.78, 5) is 20.8. The maximum Gasteiger partial charge on any atom is 0.330 e. The van der Waals surface area contributed by atoms with Crippen LogP contribution in [0.2, 0.25) is 0 Å². The molecule has 0 aromatic heterocycles. The first-order valence-electron chi connectivity index (χ1n) is 5.91. The molecule has 0 saturated heterocycles. The molecule has 0 aromatic rings. The van der Waals surface area contributed by atoms with E-state index in [2.05, 4.69) is 13.2 Å². The molecule has 0 spiro atoms. The maximum absolute atomic E-state index is 10.4. The van der Waals surface area contributed by atoms with Crippen molar-refractivity contribution < 1.29 is 19.1 Å². The Bertz CT molecular complexity index is 239. The van der Waals surface area contributed by atoms with Gasteiger partial charge in [-0.05, 0) is 11.8 Å². The standard InChI is InChI=1S/2C7H12O2/c2*1-4-7(8)9-5-6(2)3/h2*4,6H,1,5H2,2-3H3. The van der Waals surface area contributed by atoms with Gasteiger partial charge in [0.25, 0.3) is 0 Å². The van der Waals surface area contributed by atoms with Crippen LogP contribution in [0.5, 0.6) is 0 Å². The summed E-state index contributed by atoms with van der Waals surface area (Å²) in [5.41, 5.74) is 0. The second kappa shape index (κ2) is 11.9. The predicted octanol–water partition coefficient (Wildman–Crippen LogP) is 2.74. The van der Waals surface area contributed by atoms with Crippen molar-refractivity contribution in [1.82, 2.24) is 0 Å². The fraction of sp³-hybridized carbons (Fsp3) is 0.571. The Morgan fingerprint density at radius 2 is 1.17 bits per heavy atom. The average Bonchev–Trinajstić information content (AvgIpc) is 2.33. The first-order valence-corrected chi connectivity index (χ1v) is 5.91. The van der Waals surface area contributed by atoms with Gasteiger partial charge in [-0.1, -0.05) is 40.9 Å². The van der Waals surface area contributed by atoms with Gasteiger partial charge in [0.15, 0.2) is 0 Å². The van der Waals surface area contributed by atoms with E-state index in [1.165, 1.54) is 12.2 Å². The van der Waals surface area contributed by atoms with Gasteiger partial charge in [0.1, 0.15) is 0 Å². The van der Waals surface area contributed by atoms with Crippen molar-refractivity contribution in [2.24, 2.45) is 11.8 Å². The van der Waals surface area contributed by atoms with E-state index >= 15 is 0 Å². The number of hydrogen-bond acceptors (Lipinski definition) is 4. The van der Waals surface area contributed by atoms with Crippen molar-refractivity contribution in [1.29, 1.82) is 0 Å². The molecule has 0 unspecified atom stereocenters. The van der Waals surface area contributed by atoms with Crippen molar-refractivity contribution in [3.8, 4) is 0 Å². The highest BCUT2D eigenvalue weighted by Crippen LogP contribution is 1.92. The fourth-order valence-electron chi connectivity index (χ4n) is 0.615. The first-order chi connectivity index (χ1) is 8.33. The number of esters is 2. The summed E-state index contributed by atoms with van der Waals surface area (Å²) in [6.07, 6.45) is 2.34. The van der Waals surface area contributed by atoms with Crippen LogP contribution in [0.1, 0.15) is 27.7 Å². The van der Waals surface area contributed by atoms with Gasteiger partial charge in [0.05, 0.1) is 13.2 Å². The average molecular weight is 256 g/mol. The normalized spacial score (nSPS) is 9.22. The van der Waals surface area contributed by atoms with Crippen LogP contribution in [0.25, 0.3) is 0 Å². The fourth-order valence-corrected chi connectivity index (χ4v) is 0.615. The third-order valence-electron chi connectivity index (χ3n) is 1.45. The molecule has 0 N–H and O–H groups in total. The summed E-state index contributed by atoms with van der Waals surface area (Å²) in [6.45, 7) is 15.4. The lowest BCUT2D eigenvalue weighted by molar-refractivity contribution is -0.139. The molecule has 0 aliphatic heterocycles. The highest BCUT2D eigenvalue weighted by Gasteiger charge is 1.97. The van der Waals surface area contributed by atoms with Gasteiger partial charge >= 0.3 is 11.9 Å². The van der Waals surface area contributed by atoms with Gasteiger partial charge < -0.3 is 9.47 Å². The van der Waals surface area contributed by atoms with E-state index in [-0.39, 0.29) is 11.9 Å². The molecule has 4 nitrogen and oxygen atoms in total. The summed E-state index contributed by atoms with van der Waals surface area (Å²) >= 11 is 0. The van der Waals surface area contributed by atoms with Gasteiger partial charge in [-0.25, -0.2) is 9.59 Å². The lowest BCUT2D eigenvalue weighted by atomic mass is 10.2. The molecule has 4 heteroatoms. The summed E-state index contributed by atoms with van der Waals surface area (Å²) in [7, 11) is 0. The molecule has 0 bridgehead atoms. The number of carbonyl (C=O) groups excluding carboxylic acids is 2. The van der Waals surface area contributed by atoms with E-state index in [0.29, 0.717) is 25.0 Å². The SMILES string of the molecule is C=CC(=O)OCC(C)C.C=CC(=O)OCC(C)C. The molecule has 104 valence electrons. The van der Waals surface area contributed by atoms with Crippen LogP contribution < -0.4 is 0 Å². The van der Waals surface area contributed by atoms with Crippen molar-refractivity contribution >= 4 is 11.9 Å². The number of ether oxygens (including phenoxy) is 2. The molecule has 0 atom stereocenters. The summed E-state index contributed by atoms with van der Waals surface area (Å²) in [5, 5.41) is 0. The van der Waals surface area contributed by atoms with Crippen LogP contribution in [0.15, 0.2) is 25.3 Å². The molecule has 0 amide bonds. The maximum atomic E-state index is 10.4. The smallest absolute Gasteiger partial charge is 0.330 e. The van der Waals surface area contributed by atoms with E-state index in [9.17, 15) is 9.59 Å². The Balaban J connectivity index is 0. The zero-order valence-electron chi connectivity index (χ0n) is 11.8. The Morgan fingerprint density at radius 1 is 0.889 bits per heavy atom. The molecule has 0 saturated carbocycles. The van der Waals surface area contributed by atoms with Crippen molar-refractivity contribution in [3.05, 3.63) is 25.3 Å². The minimum Gasteiger partial charge on any atom is -0.462 e. The minimum atomic E-state index is -0.344. The molecular formula is C14H24O4. The summed E-state index contributed by atoms with van der Waals surface area (Å²) in [6, 6.07) is 0. The molecule has 0 fully saturated rings. The van der Waals surface area contributed by atoms with Crippen LogP contribution in [0.3, 0.4) is 0 Å². The molecular weight excluding hydrogens is 232 g/mol. The third-order valence-corrected chi connectivity index (χ3v) is 1.45. The van der Waals surface area contributed by atoms with Crippen molar-refractivity contribution in [2.75, 3.05) is 13.2 Å². The quantitative estimate of drug-likeness (QED) is 0.541. The van der Waals surface area contributed by atoms with E-state index in [0.717, 1.165) is 0 Å². The monoisotopic (exact) mass is 256 g/mol. The topological polar surface area (TPSA) is 52.6 Å². The largest absolute Gasteiger partial charge is 0.462 e. The van der Waals surface area contributed by atoms with E-state index < -0.39 is 0 Å². The van der Waals surface area contributed by atoms with Gasteiger partial charge in [0, 0.05) is 12.2 Å². The summed E-state index contributed by atoms with van der Waals surface area (Å²) < 4.78 is 9.39. The van der Waals surface area contributed by atoms with Crippen LogP contribution in [0.4, 0.5) is 0 Å². The van der Waals surface area contributed by atoms with Crippen LogP contribution in [-0.4, -0.2) is 25.2 Å². The number of carbonyl (C=O) groups is 2. The molecule has 18 heavy (non-hydrogen) atoms. The van der Waals surface area contributed by atoms with Crippen LogP contribution in [-0.2, 0) is 19.1 Å². The molecule has 0 heterocycles. The minimum absolute atomic E-state index is 0.344. The molecule has 0 radical (unpaired) electrons. The third kappa shape index (κ3) is 16.8. The van der Waals surface area contributed by atoms with Gasteiger partial charge in [-0.2, -0.15) is 0 Å². The van der Waals surface area contributed by atoms with Gasteiger partial charge in [-0.15, -0.1) is 0 Å². The number of hydrogen-bond donors (Lipinski definition) is 0. The number of rotatable bonds is 6. The first kappa shape index (κ1) is 18.8. The predicted molar refractivity (Wildman–Crippen MR) is 72.0 cm³/mol. The van der Waals surface area contributed by atoms with Gasteiger partial charge in [0.2, 0.25) is 0 Å². The zero-order valence-corrected chi connectivity index (χ0v) is 11.8. The Morgan fingerprint density at radius 3 is 1.33 bits per heavy atom. The Labute approximate surface area is 110 Å².